The standard InChI is InChI=1S/3C14H11F2NO4.B/c3*1-21-13-10(16)9(15)4-7-11(13)17(6-2-3-6)5-8(12(7)18)14(19)20;/h3*4-6H,2-3H2,1H3,(H,19,20);/q;;;+3/p-3. The van der Waals surface area contributed by atoms with E-state index in [-0.39, 0.29) is 59.2 Å². The van der Waals surface area contributed by atoms with Gasteiger partial charge >= 0.3 is 8.41 Å². The number of ether oxygens (including phenoxy) is 3. The van der Waals surface area contributed by atoms with Gasteiger partial charge in [0.15, 0.2) is 51.0 Å². The van der Waals surface area contributed by atoms with E-state index < -0.39 is 103 Å². The number of pyridine rings is 3. The van der Waals surface area contributed by atoms with Crippen molar-refractivity contribution in [3.05, 3.63) is 119 Å². The van der Waals surface area contributed by atoms with Crippen LogP contribution in [-0.2, 0) is 0 Å². The zero-order chi connectivity index (χ0) is 45.9. The van der Waals surface area contributed by atoms with Crippen LogP contribution in [0.2, 0.25) is 0 Å². The normalized spacial score (nSPS) is 14.2. The quantitative estimate of drug-likeness (QED) is 0.151. The molecule has 0 N–H and O–H groups in total. The minimum Gasteiger partial charge on any atom is -0.545 e. The van der Waals surface area contributed by atoms with Gasteiger partial charge in [-0.05, 0) is 56.7 Å². The fraction of sp³-hybridized carbons (Fsp3) is 0.286. The Morgan fingerprint density at radius 2 is 0.703 bits per heavy atom. The number of carbonyl (C=O) groups excluding carboxylic acids is 3. The molecule has 64 heavy (non-hydrogen) atoms. The molecule has 22 heteroatoms. The second-order valence-corrected chi connectivity index (χ2v) is 14.7. The summed E-state index contributed by atoms with van der Waals surface area (Å²) in [5.41, 5.74) is -4.30. The first-order chi connectivity index (χ1) is 29.9. The van der Waals surface area contributed by atoms with E-state index in [0.717, 1.165) is 78.4 Å². The van der Waals surface area contributed by atoms with E-state index in [4.69, 9.17) is 14.2 Å². The van der Waals surface area contributed by atoms with Crippen LogP contribution in [0.5, 0.6) is 17.2 Å². The SMILES string of the molecule is COc1c(F)c(F)cc2c(=O)c(C(=O)[O-])cn(C3CC3)c12.COc1c(F)c(F)cc2c(=O)c(C(=O)[O-])cn(C3CC3)c12.COc1c(F)c(F)cc2c(=O)c(C(=O)[O-])cn(C3CC3)c12.[B+3]. The molecule has 0 bridgehead atoms. The second-order valence-electron chi connectivity index (χ2n) is 14.7. The molecule has 15 nitrogen and oxygen atoms in total. The first-order valence-corrected chi connectivity index (χ1v) is 18.8. The van der Waals surface area contributed by atoms with Gasteiger partial charge in [-0.15, -0.1) is 0 Å². The molecule has 0 atom stereocenters. The number of aromatic carboxylic acids is 3. The topological polar surface area (TPSA) is 214 Å². The summed E-state index contributed by atoms with van der Waals surface area (Å²) in [5.74, 6) is -13.6. The van der Waals surface area contributed by atoms with Crippen LogP contribution < -0.4 is 45.8 Å². The number of aromatic nitrogens is 3. The summed E-state index contributed by atoms with van der Waals surface area (Å²) in [6.45, 7) is 0. The van der Waals surface area contributed by atoms with Crippen molar-refractivity contribution in [3.8, 4) is 17.2 Å². The van der Waals surface area contributed by atoms with Crippen LogP contribution in [0.25, 0.3) is 32.7 Å². The number of methoxy groups -OCH3 is 3. The molecule has 0 radical (unpaired) electrons. The molecule has 3 aliphatic carbocycles. The summed E-state index contributed by atoms with van der Waals surface area (Å²) in [6.07, 6.45) is 7.87. The third kappa shape index (κ3) is 8.10. The molecule has 3 aliphatic rings. The molecule has 3 saturated carbocycles. The summed E-state index contributed by atoms with van der Waals surface area (Å²) in [4.78, 5) is 69.5. The average molecular weight is 894 g/mol. The molecule has 3 aromatic carbocycles. The van der Waals surface area contributed by atoms with Gasteiger partial charge in [0.25, 0.3) is 0 Å². The van der Waals surface area contributed by atoms with Crippen LogP contribution in [-0.4, -0.2) is 61.4 Å². The van der Waals surface area contributed by atoms with E-state index in [0.29, 0.717) is 18.2 Å². The number of hydrogen-bond acceptors (Lipinski definition) is 12. The molecule has 0 amide bonds. The van der Waals surface area contributed by atoms with E-state index in [2.05, 4.69) is 0 Å². The summed E-state index contributed by atoms with van der Waals surface area (Å²) in [6, 6.07) is 1.89. The second kappa shape index (κ2) is 17.5. The Hall–Kier alpha value is -7.26. The maximum absolute atomic E-state index is 13.8. The van der Waals surface area contributed by atoms with E-state index in [1.165, 1.54) is 13.7 Å². The third-order valence-electron chi connectivity index (χ3n) is 10.6. The Labute approximate surface area is 356 Å². The third-order valence-corrected chi connectivity index (χ3v) is 10.6. The van der Waals surface area contributed by atoms with Crippen molar-refractivity contribution in [3.63, 3.8) is 0 Å². The maximum Gasteiger partial charge on any atom is 3.00 e. The van der Waals surface area contributed by atoms with Gasteiger partial charge in [0.1, 0.15) is 0 Å². The molecule has 0 saturated heterocycles. The fourth-order valence-corrected chi connectivity index (χ4v) is 7.21. The summed E-state index contributed by atoms with van der Waals surface area (Å²) < 4.78 is 101. The Morgan fingerprint density at radius 1 is 0.484 bits per heavy atom. The van der Waals surface area contributed by atoms with Crippen molar-refractivity contribution in [2.75, 3.05) is 21.3 Å². The van der Waals surface area contributed by atoms with E-state index >= 15 is 0 Å². The van der Waals surface area contributed by atoms with E-state index in [9.17, 15) is 70.4 Å². The van der Waals surface area contributed by atoms with E-state index in [1.807, 2.05) is 0 Å². The molecule has 0 unspecified atom stereocenters. The number of nitrogens with zero attached hydrogens (tertiary/aromatic N) is 3. The molecule has 330 valence electrons. The zero-order valence-corrected chi connectivity index (χ0v) is 33.5. The van der Waals surface area contributed by atoms with Crippen molar-refractivity contribution < 1.29 is 70.3 Å². The van der Waals surface area contributed by atoms with Gasteiger partial charge in [-0.2, -0.15) is 13.2 Å². The van der Waals surface area contributed by atoms with Crippen LogP contribution in [0.4, 0.5) is 26.3 Å². The minimum absolute atomic E-state index is 0. The molecule has 0 aliphatic heterocycles. The Balaban J connectivity index is 0.000000158. The molecule has 9 rings (SSSR count). The van der Waals surface area contributed by atoms with Crippen LogP contribution >= 0.6 is 0 Å². The first kappa shape index (κ1) is 46.3. The van der Waals surface area contributed by atoms with Gasteiger partial charge in [0.2, 0.25) is 17.5 Å². The predicted molar refractivity (Wildman–Crippen MR) is 208 cm³/mol. The summed E-state index contributed by atoms with van der Waals surface area (Å²) in [7, 11) is 3.48. The summed E-state index contributed by atoms with van der Waals surface area (Å²) in [5, 5.41) is 32.4. The maximum atomic E-state index is 13.8. The van der Waals surface area contributed by atoms with Gasteiger partial charge in [-0.3, -0.25) is 14.4 Å². The van der Waals surface area contributed by atoms with Gasteiger partial charge in [-0.1, -0.05) is 0 Å². The summed E-state index contributed by atoms with van der Waals surface area (Å²) >= 11 is 0. The number of carbonyl (C=O) groups is 3. The number of fused-ring (bicyclic) bond motifs is 3. The van der Waals surface area contributed by atoms with Crippen LogP contribution in [0.3, 0.4) is 0 Å². The number of hydrogen-bond donors (Lipinski definition) is 0. The smallest absolute Gasteiger partial charge is 0.545 e. The van der Waals surface area contributed by atoms with Gasteiger partial charge in [-0.25, -0.2) is 13.2 Å². The number of benzene rings is 3. The van der Waals surface area contributed by atoms with Crippen molar-refractivity contribution in [2.24, 2.45) is 0 Å². The average Bonchev–Trinajstić information content (AvgIpc) is 4.07. The molecule has 3 heterocycles. The van der Waals surface area contributed by atoms with Crippen molar-refractivity contribution in [1.82, 2.24) is 13.7 Å². The van der Waals surface area contributed by atoms with Gasteiger partial charge in [0.05, 0.1) is 88.6 Å². The van der Waals surface area contributed by atoms with E-state index in [1.54, 1.807) is 0 Å². The molecular formula is C42H30BF6N3O12. The Morgan fingerprint density at radius 3 is 0.875 bits per heavy atom. The van der Waals surface area contributed by atoms with Crippen molar-refractivity contribution in [2.45, 2.75) is 56.7 Å². The van der Waals surface area contributed by atoms with Crippen LogP contribution in [0.1, 0.15) is 87.7 Å². The predicted octanol–water partition coefficient (Wildman–Crippen LogP) is 2.58. The zero-order valence-electron chi connectivity index (χ0n) is 33.5. The largest absolute Gasteiger partial charge is 3.00 e. The van der Waals surface area contributed by atoms with Gasteiger partial charge in [0, 0.05) is 36.7 Å². The van der Waals surface area contributed by atoms with Crippen LogP contribution in [0.15, 0.2) is 51.2 Å². The number of halogens is 6. The monoisotopic (exact) mass is 893 g/mol. The van der Waals surface area contributed by atoms with Crippen molar-refractivity contribution >= 4 is 59.0 Å². The number of rotatable bonds is 9. The fourth-order valence-electron chi connectivity index (χ4n) is 7.21. The minimum atomic E-state index is -1.65. The molecule has 0 spiro atoms. The first-order valence-electron chi connectivity index (χ1n) is 18.8. The van der Waals surface area contributed by atoms with Crippen molar-refractivity contribution in [1.29, 1.82) is 0 Å². The number of carboxylic acid groups (broad SMARTS) is 3. The number of carboxylic acids is 3. The molecule has 3 aromatic heterocycles. The molecular weight excluding hydrogens is 863 g/mol. The van der Waals surface area contributed by atoms with Gasteiger partial charge < -0.3 is 57.6 Å². The Kier molecular flexibility index (Phi) is 12.6. The van der Waals surface area contributed by atoms with Crippen LogP contribution in [0, 0.1) is 34.9 Å². The Bertz CT molecular complexity index is 2810. The molecule has 6 aromatic rings. The molecule has 3 fully saturated rings.